The number of aliphatic carboxylic acids is 1. The van der Waals surface area contributed by atoms with Crippen LogP contribution in [0.15, 0.2) is 18.2 Å². The molecule has 0 aliphatic heterocycles. The fourth-order valence-corrected chi connectivity index (χ4v) is 1.55. The van der Waals surface area contributed by atoms with Crippen molar-refractivity contribution in [3.63, 3.8) is 0 Å². The van der Waals surface area contributed by atoms with Crippen LogP contribution in [0.25, 0.3) is 0 Å². The molecule has 0 saturated heterocycles. The molecule has 2 unspecified atom stereocenters. The van der Waals surface area contributed by atoms with E-state index in [1.165, 1.54) is 12.1 Å². The summed E-state index contributed by atoms with van der Waals surface area (Å²) >= 11 is 5.58. The molecular weight excluding hydrogens is 266 g/mol. The molecule has 0 aromatic heterocycles. The summed E-state index contributed by atoms with van der Waals surface area (Å²) in [5.74, 6) is -1.29. The van der Waals surface area contributed by atoms with Gasteiger partial charge in [-0.1, -0.05) is 17.7 Å². The zero-order chi connectivity index (χ0) is 13.9. The van der Waals surface area contributed by atoms with Gasteiger partial charge in [0.25, 0.3) is 5.69 Å². The molecular formula is C10H10ClNO6. The molecule has 2 atom stereocenters. The number of carboxylic acids is 1. The van der Waals surface area contributed by atoms with Crippen LogP contribution in [0.4, 0.5) is 5.69 Å². The molecule has 0 bridgehead atoms. The lowest BCUT2D eigenvalue weighted by Gasteiger charge is -2.16. The number of rotatable bonds is 5. The molecule has 98 valence electrons. The third-order valence-corrected chi connectivity index (χ3v) is 2.58. The van der Waals surface area contributed by atoms with Crippen molar-refractivity contribution in [3.8, 4) is 0 Å². The van der Waals surface area contributed by atoms with Crippen molar-refractivity contribution >= 4 is 23.3 Å². The smallest absolute Gasteiger partial charge is 0.306 e. The van der Waals surface area contributed by atoms with E-state index in [1.54, 1.807) is 0 Å². The number of hydrogen-bond donors (Lipinski definition) is 3. The quantitative estimate of drug-likeness (QED) is 0.547. The van der Waals surface area contributed by atoms with Crippen molar-refractivity contribution in [1.29, 1.82) is 0 Å². The molecule has 0 amide bonds. The monoisotopic (exact) mass is 275 g/mol. The second kappa shape index (κ2) is 5.76. The van der Waals surface area contributed by atoms with Gasteiger partial charge >= 0.3 is 5.97 Å². The van der Waals surface area contributed by atoms with Crippen LogP contribution >= 0.6 is 11.6 Å². The Labute approximate surface area is 106 Å². The highest BCUT2D eigenvalue weighted by Gasteiger charge is 2.23. The predicted octanol–water partition coefficient (Wildman–Crippen LogP) is 1.12. The first kappa shape index (κ1) is 14.4. The Kier molecular flexibility index (Phi) is 4.60. The van der Waals surface area contributed by atoms with E-state index < -0.39 is 35.2 Å². The summed E-state index contributed by atoms with van der Waals surface area (Å²) in [7, 11) is 0. The average Bonchev–Trinajstić information content (AvgIpc) is 2.27. The maximum absolute atomic E-state index is 10.6. The van der Waals surface area contributed by atoms with Crippen LogP contribution in [-0.4, -0.2) is 32.3 Å². The molecule has 1 aromatic rings. The van der Waals surface area contributed by atoms with Gasteiger partial charge in [-0.2, -0.15) is 0 Å². The lowest BCUT2D eigenvalue weighted by molar-refractivity contribution is -0.384. The summed E-state index contributed by atoms with van der Waals surface area (Å²) in [6.45, 7) is 0. The van der Waals surface area contributed by atoms with E-state index in [1.807, 2.05) is 0 Å². The number of nitro groups is 1. The van der Waals surface area contributed by atoms with Gasteiger partial charge in [0.1, 0.15) is 11.1 Å². The molecule has 18 heavy (non-hydrogen) atoms. The average molecular weight is 276 g/mol. The van der Waals surface area contributed by atoms with Crippen molar-refractivity contribution in [3.05, 3.63) is 38.9 Å². The molecule has 1 rings (SSSR count). The summed E-state index contributed by atoms with van der Waals surface area (Å²) in [5, 5.41) is 38.0. The summed E-state index contributed by atoms with van der Waals surface area (Å²) in [6, 6.07) is 3.48. The topological polar surface area (TPSA) is 121 Å². The Morgan fingerprint density at radius 3 is 2.56 bits per heavy atom. The van der Waals surface area contributed by atoms with Gasteiger partial charge in [-0.05, 0) is 11.6 Å². The van der Waals surface area contributed by atoms with Crippen molar-refractivity contribution in [2.75, 3.05) is 0 Å². The van der Waals surface area contributed by atoms with Gasteiger partial charge in [-0.25, -0.2) is 0 Å². The van der Waals surface area contributed by atoms with Crippen LogP contribution < -0.4 is 0 Å². The predicted molar refractivity (Wildman–Crippen MR) is 61.3 cm³/mol. The van der Waals surface area contributed by atoms with E-state index in [9.17, 15) is 25.1 Å². The van der Waals surface area contributed by atoms with Gasteiger partial charge in [-0.15, -0.1) is 0 Å². The Morgan fingerprint density at radius 1 is 1.44 bits per heavy atom. The number of nitro benzene ring substituents is 1. The Hall–Kier alpha value is -1.70. The van der Waals surface area contributed by atoms with Gasteiger partial charge in [0.05, 0.1) is 17.4 Å². The van der Waals surface area contributed by atoms with Gasteiger partial charge in [0.2, 0.25) is 0 Å². The summed E-state index contributed by atoms with van der Waals surface area (Å²) in [4.78, 5) is 20.3. The van der Waals surface area contributed by atoms with Crippen molar-refractivity contribution in [2.24, 2.45) is 0 Å². The first-order chi connectivity index (χ1) is 8.32. The van der Waals surface area contributed by atoms with E-state index in [4.69, 9.17) is 16.7 Å². The molecule has 0 spiro atoms. The first-order valence-corrected chi connectivity index (χ1v) is 5.22. The van der Waals surface area contributed by atoms with Crippen LogP contribution in [0.1, 0.15) is 18.1 Å². The number of carboxylic acid groups (broad SMARTS) is 1. The molecule has 0 radical (unpaired) electrons. The lowest BCUT2D eigenvalue weighted by Crippen LogP contribution is -2.21. The Bertz CT molecular complexity index is 477. The van der Waals surface area contributed by atoms with Crippen LogP contribution in [0.2, 0.25) is 5.02 Å². The zero-order valence-electron chi connectivity index (χ0n) is 8.99. The van der Waals surface area contributed by atoms with Gasteiger partial charge in [-0.3, -0.25) is 14.9 Å². The maximum atomic E-state index is 10.6. The number of halogens is 1. The molecule has 7 nitrogen and oxygen atoms in total. The van der Waals surface area contributed by atoms with E-state index in [0.29, 0.717) is 0 Å². The largest absolute Gasteiger partial charge is 0.481 e. The van der Waals surface area contributed by atoms with Gasteiger partial charge in [0.15, 0.2) is 0 Å². The summed E-state index contributed by atoms with van der Waals surface area (Å²) < 4.78 is 0. The van der Waals surface area contributed by atoms with Crippen LogP contribution in [0, 0.1) is 10.1 Å². The minimum Gasteiger partial charge on any atom is -0.481 e. The number of aliphatic hydroxyl groups is 2. The number of carbonyl (C=O) groups is 1. The normalized spacial score (nSPS) is 13.9. The third kappa shape index (κ3) is 3.39. The number of aliphatic hydroxyl groups excluding tert-OH is 2. The highest BCUT2D eigenvalue weighted by Crippen LogP contribution is 2.29. The number of benzene rings is 1. The highest BCUT2D eigenvalue weighted by molar-refractivity contribution is 6.32. The minimum atomic E-state index is -1.55. The first-order valence-electron chi connectivity index (χ1n) is 4.84. The minimum absolute atomic E-state index is 0.0276. The molecule has 0 heterocycles. The molecule has 0 aliphatic rings. The lowest BCUT2D eigenvalue weighted by atomic mass is 10.0. The molecule has 8 heteroatoms. The summed E-state index contributed by atoms with van der Waals surface area (Å²) in [5.41, 5.74) is -0.393. The summed E-state index contributed by atoms with van der Waals surface area (Å²) in [6.07, 6.45) is -3.75. The van der Waals surface area contributed by atoms with Crippen LogP contribution in [0.3, 0.4) is 0 Å². The molecule has 1 aromatic carbocycles. The van der Waals surface area contributed by atoms with Crippen LogP contribution in [-0.2, 0) is 4.79 Å². The van der Waals surface area contributed by atoms with E-state index in [2.05, 4.69) is 0 Å². The fourth-order valence-electron chi connectivity index (χ4n) is 1.37. The molecule has 3 N–H and O–H groups in total. The third-order valence-electron chi connectivity index (χ3n) is 2.26. The maximum Gasteiger partial charge on any atom is 0.306 e. The molecule has 0 saturated carbocycles. The highest BCUT2D eigenvalue weighted by atomic mass is 35.5. The second-order valence-electron chi connectivity index (χ2n) is 3.58. The zero-order valence-corrected chi connectivity index (χ0v) is 9.74. The van der Waals surface area contributed by atoms with E-state index in [0.717, 1.165) is 6.07 Å². The van der Waals surface area contributed by atoms with Crippen molar-refractivity contribution in [2.45, 2.75) is 18.6 Å². The van der Waals surface area contributed by atoms with E-state index >= 15 is 0 Å². The van der Waals surface area contributed by atoms with Crippen molar-refractivity contribution < 1.29 is 25.0 Å². The molecule has 0 fully saturated rings. The van der Waals surface area contributed by atoms with E-state index in [-0.39, 0.29) is 10.6 Å². The Morgan fingerprint density at radius 2 is 2.06 bits per heavy atom. The Balaban J connectivity index is 2.99. The number of hydrogen-bond acceptors (Lipinski definition) is 5. The fraction of sp³-hybridized carbons (Fsp3) is 0.300. The van der Waals surface area contributed by atoms with Gasteiger partial charge in [0, 0.05) is 6.07 Å². The number of nitrogens with zero attached hydrogens (tertiary/aromatic N) is 1. The van der Waals surface area contributed by atoms with Crippen molar-refractivity contribution in [1.82, 2.24) is 0 Å². The van der Waals surface area contributed by atoms with Crippen LogP contribution in [0.5, 0.6) is 0 Å². The second-order valence-corrected chi connectivity index (χ2v) is 3.99. The molecule has 0 aliphatic carbocycles. The van der Waals surface area contributed by atoms with Gasteiger partial charge < -0.3 is 15.3 Å². The SMILES string of the molecule is O=C(O)CC(O)C(O)c1ccc(Cl)c([N+](=O)[O-])c1. The standard InChI is InChI=1S/C10H10ClNO6/c11-6-2-1-5(3-7(6)12(17)18)10(16)8(13)4-9(14)15/h1-3,8,10,13,16H,4H2,(H,14,15).